The maximum absolute atomic E-state index is 13.6. The first-order chi connectivity index (χ1) is 16.0. The average Bonchev–Trinajstić information content (AvgIpc) is 3.34. The minimum atomic E-state index is -0.955. The summed E-state index contributed by atoms with van der Waals surface area (Å²) in [6.07, 6.45) is 6.37. The van der Waals surface area contributed by atoms with Gasteiger partial charge in [0.15, 0.2) is 24.0 Å². The first-order valence-corrected chi connectivity index (χ1v) is 12.5. The fourth-order valence-corrected chi connectivity index (χ4v) is 6.14. The minimum Gasteiger partial charge on any atom is -0.341 e. The summed E-state index contributed by atoms with van der Waals surface area (Å²) in [4.78, 5) is 13.3. The molecule has 3 heterocycles. The molecule has 9 heteroatoms. The Hall–Kier alpha value is -1.29. The monoisotopic (exact) mass is 481 g/mol. The lowest BCUT2D eigenvalue weighted by Gasteiger charge is -2.36. The van der Waals surface area contributed by atoms with Gasteiger partial charge in [-0.3, -0.25) is 4.79 Å². The molecule has 1 aromatic carbocycles. The number of nitrogens with one attached hydrogen (secondary N) is 1. The van der Waals surface area contributed by atoms with Gasteiger partial charge in [-0.05, 0) is 43.9 Å². The highest BCUT2D eigenvalue weighted by molar-refractivity contribution is 6.31. The molecule has 6 rings (SSSR count). The van der Waals surface area contributed by atoms with Crippen LogP contribution in [-0.4, -0.2) is 48.2 Å². The Balaban J connectivity index is 1.27. The predicted molar refractivity (Wildman–Crippen MR) is 116 cm³/mol. The van der Waals surface area contributed by atoms with Gasteiger partial charge in [-0.25, -0.2) is 4.39 Å². The van der Waals surface area contributed by atoms with Crippen molar-refractivity contribution in [1.82, 2.24) is 0 Å². The number of ether oxygens (including phenoxy) is 5. The molecule has 2 spiro atoms. The molecule has 5 fully saturated rings. The molecule has 1 N–H and O–H groups in total. The SMILES string of the molecule is O=C(Nc1ccc(F)c(Cl)c1)[C@@H]1O[C@@H]2OC3(CCCCC3)O[C@@H]2[C@@H]2OC3(CCCCC3)O[C@@H]21. The van der Waals surface area contributed by atoms with Crippen molar-refractivity contribution >= 4 is 23.2 Å². The summed E-state index contributed by atoms with van der Waals surface area (Å²) in [5.41, 5.74) is 0.382. The molecule has 180 valence electrons. The van der Waals surface area contributed by atoms with Crippen LogP contribution in [0.15, 0.2) is 18.2 Å². The Morgan fingerprint density at radius 3 is 2.15 bits per heavy atom. The smallest absolute Gasteiger partial charge is 0.256 e. The summed E-state index contributed by atoms with van der Waals surface area (Å²) in [5, 5.41) is 2.72. The largest absolute Gasteiger partial charge is 0.341 e. The van der Waals surface area contributed by atoms with Crippen LogP contribution >= 0.6 is 11.6 Å². The molecule has 33 heavy (non-hydrogen) atoms. The third-order valence-electron chi connectivity index (χ3n) is 7.55. The summed E-state index contributed by atoms with van der Waals surface area (Å²) in [5.74, 6) is -2.35. The van der Waals surface area contributed by atoms with Crippen LogP contribution in [0.5, 0.6) is 0 Å². The highest BCUT2D eigenvalue weighted by atomic mass is 35.5. The molecular formula is C24H29ClFNO6. The topological polar surface area (TPSA) is 75.3 Å². The number of halogens is 2. The third kappa shape index (κ3) is 3.98. The first kappa shape index (κ1) is 22.2. The number of carbonyl (C=O) groups excluding carboxylic acids is 1. The number of rotatable bonds is 2. The van der Waals surface area contributed by atoms with Crippen molar-refractivity contribution in [1.29, 1.82) is 0 Å². The van der Waals surface area contributed by atoms with Crippen LogP contribution in [0.1, 0.15) is 64.2 Å². The number of benzene rings is 1. The van der Waals surface area contributed by atoms with Crippen molar-refractivity contribution in [3.8, 4) is 0 Å². The van der Waals surface area contributed by atoms with Gasteiger partial charge in [0, 0.05) is 31.4 Å². The second-order valence-electron chi connectivity index (χ2n) is 9.85. The number of anilines is 1. The van der Waals surface area contributed by atoms with Crippen LogP contribution in [0.25, 0.3) is 0 Å². The van der Waals surface area contributed by atoms with Crippen LogP contribution in [0.3, 0.4) is 0 Å². The van der Waals surface area contributed by atoms with Crippen LogP contribution in [0.4, 0.5) is 10.1 Å². The van der Waals surface area contributed by atoms with Gasteiger partial charge in [-0.2, -0.15) is 0 Å². The zero-order chi connectivity index (χ0) is 22.6. The average molecular weight is 482 g/mol. The van der Waals surface area contributed by atoms with E-state index in [1.54, 1.807) is 0 Å². The molecule has 2 saturated carbocycles. The van der Waals surface area contributed by atoms with Crippen molar-refractivity contribution in [2.24, 2.45) is 0 Å². The van der Waals surface area contributed by atoms with Crippen molar-refractivity contribution in [2.75, 3.05) is 5.32 Å². The van der Waals surface area contributed by atoms with Gasteiger partial charge in [-0.1, -0.05) is 24.4 Å². The second-order valence-corrected chi connectivity index (χ2v) is 10.3. The Kier molecular flexibility index (Phi) is 5.67. The molecule has 0 aromatic heterocycles. The molecule has 0 bridgehead atoms. The van der Waals surface area contributed by atoms with Crippen LogP contribution in [-0.2, 0) is 28.5 Å². The molecule has 2 aliphatic carbocycles. The summed E-state index contributed by atoms with van der Waals surface area (Å²) >= 11 is 5.89. The van der Waals surface area contributed by atoms with Gasteiger partial charge < -0.3 is 29.0 Å². The Morgan fingerprint density at radius 1 is 0.879 bits per heavy atom. The molecule has 5 aliphatic rings. The van der Waals surface area contributed by atoms with E-state index in [1.165, 1.54) is 18.2 Å². The molecule has 1 amide bonds. The Morgan fingerprint density at radius 2 is 1.48 bits per heavy atom. The summed E-state index contributed by atoms with van der Waals surface area (Å²) in [6, 6.07) is 4.05. The molecular weight excluding hydrogens is 453 g/mol. The number of amides is 1. The maximum atomic E-state index is 13.6. The minimum absolute atomic E-state index is 0.0660. The summed E-state index contributed by atoms with van der Waals surface area (Å²) in [7, 11) is 0. The summed E-state index contributed by atoms with van der Waals surface area (Å²) < 4.78 is 45.6. The van der Waals surface area contributed by atoms with E-state index < -0.39 is 54.0 Å². The maximum Gasteiger partial charge on any atom is 0.256 e. The standard InChI is InChI=1S/C24H29ClFNO6/c25-15-13-14(7-8-16(15)26)27-21(28)19-17-18(31-23(30-17)9-3-1-4-10-23)20-22(29-19)33-24(32-20)11-5-2-6-12-24/h7-8,13,17-20,22H,1-6,9-12H2,(H,27,28)/t17-,18+,19+,20+,22+/m0/s1. The van der Waals surface area contributed by atoms with Gasteiger partial charge in [0.2, 0.25) is 0 Å². The lowest BCUT2D eigenvalue weighted by atomic mass is 9.94. The van der Waals surface area contributed by atoms with Gasteiger partial charge in [0.1, 0.15) is 24.1 Å². The van der Waals surface area contributed by atoms with E-state index in [1.807, 2.05) is 0 Å². The number of carbonyl (C=O) groups is 1. The highest BCUT2D eigenvalue weighted by Gasteiger charge is 2.65. The third-order valence-corrected chi connectivity index (χ3v) is 7.84. The van der Waals surface area contributed by atoms with Crippen molar-refractivity contribution in [3.63, 3.8) is 0 Å². The van der Waals surface area contributed by atoms with E-state index >= 15 is 0 Å². The zero-order valence-electron chi connectivity index (χ0n) is 18.4. The molecule has 3 aliphatic heterocycles. The number of hydrogen-bond acceptors (Lipinski definition) is 6. The lowest BCUT2D eigenvalue weighted by molar-refractivity contribution is -0.246. The van der Waals surface area contributed by atoms with Crippen LogP contribution in [0.2, 0.25) is 5.02 Å². The van der Waals surface area contributed by atoms with Gasteiger partial charge in [0.25, 0.3) is 5.91 Å². The van der Waals surface area contributed by atoms with Crippen LogP contribution in [0, 0.1) is 5.82 Å². The van der Waals surface area contributed by atoms with Gasteiger partial charge in [-0.15, -0.1) is 0 Å². The highest BCUT2D eigenvalue weighted by Crippen LogP contribution is 2.51. The fourth-order valence-electron chi connectivity index (χ4n) is 5.96. The molecule has 1 aromatic rings. The fraction of sp³-hybridized carbons (Fsp3) is 0.708. The Labute approximate surface area is 197 Å². The molecule has 3 saturated heterocycles. The normalized spacial score (nSPS) is 36.5. The molecule has 5 atom stereocenters. The summed E-state index contributed by atoms with van der Waals surface area (Å²) in [6.45, 7) is 0. The Bertz CT molecular complexity index is 918. The van der Waals surface area contributed by atoms with Crippen molar-refractivity contribution in [2.45, 2.75) is 106 Å². The van der Waals surface area contributed by atoms with E-state index in [9.17, 15) is 9.18 Å². The zero-order valence-corrected chi connectivity index (χ0v) is 19.2. The predicted octanol–water partition coefficient (Wildman–Crippen LogP) is 4.66. The molecule has 7 nitrogen and oxygen atoms in total. The van der Waals surface area contributed by atoms with E-state index in [4.69, 9.17) is 35.3 Å². The number of hydrogen-bond donors (Lipinski definition) is 1. The lowest BCUT2D eigenvalue weighted by Crippen LogP contribution is -2.58. The van der Waals surface area contributed by atoms with E-state index in [2.05, 4.69) is 5.32 Å². The van der Waals surface area contributed by atoms with E-state index in [0.29, 0.717) is 5.69 Å². The van der Waals surface area contributed by atoms with Gasteiger partial charge >= 0.3 is 0 Å². The molecule has 0 unspecified atom stereocenters. The first-order valence-electron chi connectivity index (χ1n) is 12.1. The van der Waals surface area contributed by atoms with E-state index in [-0.39, 0.29) is 5.02 Å². The van der Waals surface area contributed by atoms with E-state index in [0.717, 1.165) is 64.2 Å². The van der Waals surface area contributed by atoms with Crippen molar-refractivity contribution in [3.05, 3.63) is 29.0 Å². The van der Waals surface area contributed by atoms with Gasteiger partial charge in [0.05, 0.1) is 5.02 Å². The van der Waals surface area contributed by atoms with Crippen LogP contribution < -0.4 is 5.32 Å². The second kappa shape index (κ2) is 8.43. The number of fused-ring (bicyclic) bond motifs is 3. The van der Waals surface area contributed by atoms with Crippen molar-refractivity contribution < 1.29 is 32.9 Å². The molecule has 0 radical (unpaired) electrons. The quantitative estimate of drug-likeness (QED) is 0.662.